The van der Waals surface area contributed by atoms with Crippen LogP contribution in [0.15, 0.2) is 5.38 Å². The third-order valence-electron chi connectivity index (χ3n) is 4.90. The molecule has 100 valence electrons. The molecular formula is C15H24N2S. The summed E-state index contributed by atoms with van der Waals surface area (Å²) in [5.41, 5.74) is 1.34. The van der Waals surface area contributed by atoms with Crippen molar-refractivity contribution in [1.29, 1.82) is 0 Å². The van der Waals surface area contributed by atoms with Crippen LogP contribution < -0.4 is 5.32 Å². The molecule has 2 aliphatic carbocycles. The fourth-order valence-corrected chi connectivity index (χ4v) is 4.47. The molecule has 0 aromatic carbocycles. The average Bonchev–Trinajstić information content (AvgIpc) is 3.04. The minimum atomic E-state index is 0.164. The summed E-state index contributed by atoms with van der Waals surface area (Å²) in [6.07, 6.45) is 6.69. The third kappa shape index (κ3) is 2.12. The minimum absolute atomic E-state index is 0.164. The minimum Gasteiger partial charge on any atom is -0.302 e. The molecule has 3 rings (SSSR count). The molecule has 0 spiro atoms. The van der Waals surface area contributed by atoms with Crippen LogP contribution in [-0.4, -0.2) is 11.0 Å². The van der Waals surface area contributed by atoms with E-state index in [0.717, 1.165) is 12.0 Å². The lowest BCUT2D eigenvalue weighted by molar-refractivity contribution is 0.101. The molecule has 3 unspecified atom stereocenters. The molecule has 2 fully saturated rings. The zero-order chi connectivity index (χ0) is 12.8. The van der Waals surface area contributed by atoms with E-state index in [1.165, 1.54) is 42.8 Å². The molecule has 2 saturated carbocycles. The Morgan fingerprint density at radius 3 is 2.72 bits per heavy atom. The summed E-state index contributed by atoms with van der Waals surface area (Å²) in [5.74, 6) is 1.49. The smallest absolute Gasteiger partial charge is 0.113 e. The van der Waals surface area contributed by atoms with Crippen LogP contribution in [0.5, 0.6) is 0 Å². The van der Waals surface area contributed by atoms with Gasteiger partial charge in [0.1, 0.15) is 5.01 Å². The summed E-state index contributed by atoms with van der Waals surface area (Å²) < 4.78 is 0. The van der Waals surface area contributed by atoms with Crippen LogP contribution in [0.4, 0.5) is 0 Å². The van der Waals surface area contributed by atoms with Gasteiger partial charge in [0.2, 0.25) is 0 Å². The van der Waals surface area contributed by atoms with E-state index >= 15 is 0 Å². The number of nitrogens with one attached hydrogen (secondary N) is 1. The van der Waals surface area contributed by atoms with Crippen molar-refractivity contribution >= 4 is 11.3 Å². The Morgan fingerprint density at radius 1 is 1.33 bits per heavy atom. The highest BCUT2D eigenvalue weighted by atomic mass is 32.1. The highest BCUT2D eigenvalue weighted by Gasteiger charge is 2.47. The Bertz CT molecular complexity index is 424. The SMILES string of the molecule is Cc1csc(C2(NC3CC3)CCCC(C)C2C)n1. The molecule has 3 heteroatoms. The molecule has 18 heavy (non-hydrogen) atoms. The summed E-state index contributed by atoms with van der Waals surface area (Å²) in [6, 6.07) is 0.752. The third-order valence-corrected chi connectivity index (χ3v) is 6.04. The second-order valence-electron chi connectivity index (χ2n) is 6.34. The van der Waals surface area contributed by atoms with Crippen molar-refractivity contribution in [2.75, 3.05) is 0 Å². The number of thiazole rings is 1. The first-order valence-electron chi connectivity index (χ1n) is 7.32. The van der Waals surface area contributed by atoms with Crippen LogP contribution in [0, 0.1) is 18.8 Å². The molecule has 1 heterocycles. The maximum atomic E-state index is 4.83. The largest absolute Gasteiger partial charge is 0.302 e. The van der Waals surface area contributed by atoms with Crippen molar-refractivity contribution in [2.45, 2.75) is 64.5 Å². The van der Waals surface area contributed by atoms with Crippen LogP contribution in [0.25, 0.3) is 0 Å². The van der Waals surface area contributed by atoms with Gasteiger partial charge in [0.25, 0.3) is 0 Å². The van der Waals surface area contributed by atoms with Crippen LogP contribution in [0.2, 0.25) is 0 Å². The number of rotatable bonds is 3. The second kappa shape index (κ2) is 4.61. The first kappa shape index (κ1) is 12.6. The number of aryl methyl sites for hydroxylation is 1. The lowest BCUT2D eigenvalue weighted by Crippen LogP contribution is -2.52. The monoisotopic (exact) mass is 264 g/mol. The first-order valence-corrected chi connectivity index (χ1v) is 8.20. The highest BCUT2D eigenvalue weighted by molar-refractivity contribution is 7.09. The Kier molecular flexibility index (Phi) is 3.23. The van der Waals surface area contributed by atoms with Crippen molar-refractivity contribution in [3.05, 3.63) is 16.1 Å². The van der Waals surface area contributed by atoms with Gasteiger partial charge in [0, 0.05) is 17.1 Å². The second-order valence-corrected chi connectivity index (χ2v) is 7.20. The summed E-state index contributed by atoms with van der Waals surface area (Å²) in [6.45, 7) is 6.95. The maximum Gasteiger partial charge on any atom is 0.113 e. The molecule has 1 N–H and O–H groups in total. The van der Waals surface area contributed by atoms with Gasteiger partial charge in [0.05, 0.1) is 5.54 Å². The maximum absolute atomic E-state index is 4.83. The van der Waals surface area contributed by atoms with Gasteiger partial charge < -0.3 is 5.32 Å². The predicted octanol–water partition coefficient (Wildman–Crippen LogP) is 3.85. The van der Waals surface area contributed by atoms with E-state index in [0.29, 0.717) is 5.92 Å². The molecule has 2 aliphatic rings. The quantitative estimate of drug-likeness (QED) is 0.897. The van der Waals surface area contributed by atoms with E-state index in [-0.39, 0.29) is 5.54 Å². The van der Waals surface area contributed by atoms with Gasteiger partial charge in [-0.15, -0.1) is 11.3 Å². The molecule has 0 aliphatic heterocycles. The number of aromatic nitrogens is 1. The zero-order valence-electron chi connectivity index (χ0n) is 11.7. The van der Waals surface area contributed by atoms with Crippen LogP contribution in [0.3, 0.4) is 0 Å². The highest BCUT2D eigenvalue weighted by Crippen LogP contribution is 2.47. The lowest BCUT2D eigenvalue weighted by atomic mass is 9.68. The lowest BCUT2D eigenvalue weighted by Gasteiger charge is -2.45. The standard InChI is InChI=1S/C15H24N2S/c1-10-5-4-8-15(12(10)3,17-13-6-7-13)14-16-11(2)9-18-14/h9-10,12-13,17H,4-8H2,1-3H3. The average molecular weight is 264 g/mol. The van der Waals surface area contributed by atoms with Crippen LogP contribution >= 0.6 is 11.3 Å². The van der Waals surface area contributed by atoms with E-state index in [4.69, 9.17) is 4.98 Å². The van der Waals surface area contributed by atoms with Crippen LogP contribution in [-0.2, 0) is 5.54 Å². The topological polar surface area (TPSA) is 24.9 Å². The molecule has 3 atom stereocenters. The van der Waals surface area contributed by atoms with Gasteiger partial charge in [-0.25, -0.2) is 4.98 Å². The zero-order valence-corrected chi connectivity index (χ0v) is 12.5. The van der Waals surface area contributed by atoms with E-state index < -0.39 is 0 Å². The molecule has 1 aromatic rings. The Morgan fingerprint density at radius 2 is 2.11 bits per heavy atom. The number of hydrogen-bond donors (Lipinski definition) is 1. The summed E-state index contributed by atoms with van der Waals surface area (Å²) in [5, 5.41) is 7.51. The van der Waals surface area contributed by atoms with Gasteiger partial charge in [-0.2, -0.15) is 0 Å². The molecule has 1 aromatic heterocycles. The normalized spacial score (nSPS) is 36.8. The first-order chi connectivity index (χ1) is 8.62. The van der Waals surface area contributed by atoms with Crippen molar-refractivity contribution in [2.24, 2.45) is 11.8 Å². The Labute approximate surface area is 114 Å². The molecule has 0 radical (unpaired) electrons. The molecule has 0 amide bonds. The molecular weight excluding hydrogens is 240 g/mol. The van der Waals surface area contributed by atoms with Gasteiger partial charge in [-0.3, -0.25) is 0 Å². The fraction of sp³-hybridized carbons (Fsp3) is 0.800. The van der Waals surface area contributed by atoms with Crippen molar-refractivity contribution in [1.82, 2.24) is 10.3 Å². The summed E-state index contributed by atoms with van der Waals surface area (Å²) in [4.78, 5) is 4.83. The Hall–Kier alpha value is -0.410. The van der Waals surface area contributed by atoms with Crippen molar-refractivity contribution in [3.63, 3.8) is 0 Å². The van der Waals surface area contributed by atoms with Gasteiger partial charge in [-0.1, -0.05) is 26.7 Å². The number of nitrogens with zero attached hydrogens (tertiary/aromatic N) is 1. The van der Waals surface area contributed by atoms with E-state index in [1.807, 2.05) is 11.3 Å². The molecule has 0 bridgehead atoms. The van der Waals surface area contributed by atoms with Crippen LogP contribution in [0.1, 0.15) is 56.7 Å². The van der Waals surface area contributed by atoms with E-state index in [1.54, 1.807) is 0 Å². The molecule has 2 nitrogen and oxygen atoms in total. The van der Waals surface area contributed by atoms with E-state index in [2.05, 4.69) is 31.5 Å². The Balaban J connectivity index is 1.96. The van der Waals surface area contributed by atoms with Crippen molar-refractivity contribution in [3.8, 4) is 0 Å². The van der Waals surface area contributed by atoms with Crippen molar-refractivity contribution < 1.29 is 0 Å². The van der Waals surface area contributed by atoms with Gasteiger partial charge in [-0.05, 0) is 38.0 Å². The summed E-state index contributed by atoms with van der Waals surface area (Å²) >= 11 is 1.86. The fourth-order valence-electron chi connectivity index (χ4n) is 3.38. The van der Waals surface area contributed by atoms with E-state index in [9.17, 15) is 0 Å². The molecule has 0 saturated heterocycles. The summed E-state index contributed by atoms with van der Waals surface area (Å²) in [7, 11) is 0. The van der Waals surface area contributed by atoms with Gasteiger partial charge in [0.15, 0.2) is 0 Å². The number of hydrogen-bond acceptors (Lipinski definition) is 3. The predicted molar refractivity (Wildman–Crippen MR) is 76.9 cm³/mol. The van der Waals surface area contributed by atoms with Gasteiger partial charge >= 0.3 is 0 Å².